The molecular weight excluding hydrogens is 288 g/mol. The fraction of sp³-hybridized carbons (Fsp3) is 0.375. The molecular formula is C16H19ClN2O2. The molecule has 4 nitrogen and oxygen atoms in total. The van der Waals surface area contributed by atoms with Gasteiger partial charge in [-0.3, -0.25) is 0 Å². The highest BCUT2D eigenvalue weighted by atomic mass is 35.5. The van der Waals surface area contributed by atoms with Crippen molar-refractivity contribution >= 4 is 11.6 Å². The van der Waals surface area contributed by atoms with Crippen LogP contribution in [0.15, 0.2) is 30.3 Å². The molecule has 0 N–H and O–H groups in total. The summed E-state index contributed by atoms with van der Waals surface area (Å²) in [6, 6.07) is 9.49. The zero-order valence-electron chi connectivity index (χ0n) is 12.3. The summed E-state index contributed by atoms with van der Waals surface area (Å²) >= 11 is 5.99. The molecule has 0 bridgehead atoms. The molecule has 1 heterocycles. The number of aryl methyl sites for hydroxylation is 1. The van der Waals surface area contributed by atoms with Crippen molar-refractivity contribution in [2.75, 3.05) is 13.7 Å². The van der Waals surface area contributed by atoms with Crippen molar-refractivity contribution < 1.29 is 9.47 Å². The third kappa shape index (κ3) is 4.99. The molecule has 0 aliphatic carbocycles. The Kier molecular flexibility index (Phi) is 5.96. The lowest BCUT2D eigenvalue weighted by atomic mass is 10.1. The monoisotopic (exact) mass is 306 g/mol. The quantitative estimate of drug-likeness (QED) is 0.723. The van der Waals surface area contributed by atoms with Gasteiger partial charge in [0.2, 0.25) is 5.88 Å². The summed E-state index contributed by atoms with van der Waals surface area (Å²) in [5, 5.41) is 0.403. The molecule has 0 aliphatic heterocycles. The van der Waals surface area contributed by atoms with Crippen LogP contribution in [0.2, 0.25) is 5.15 Å². The minimum absolute atomic E-state index is 0.403. The second-order valence-electron chi connectivity index (χ2n) is 4.68. The van der Waals surface area contributed by atoms with Crippen LogP contribution >= 0.6 is 11.6 Å². The molecule has 0 saturated heterocycles. The SMILES string of the molecule is CCCc1nc(Cl)cc(Oc2ccc(CCOC)cc2)n1. The first-order valence-electron chi connectivity index (χ1n) is 7.00. The first kappa shape index (κ1) is 15.7. The van der Waals surface area contributed by atoms with Crippen LogP contribution in [0, 0.1) is 0 Å². The van der Waals surface area contributed by atoms with Gasteiger partial charge in [0.25, 0.3) is 0 Å². The van der Waals surface area contributed by atoms with E-state index in [1.54, 1.807) is 13.2 Å². The van der Waals surface area contributed by atoms with E-state index in [9.17, 15) is 0 Å². The van der Waals surface area contributed by atoms with Crippen molar-refractivity contribution in [2.45, 2.75) is 26.2 Å². The van der Waals surface area contributed by atoms with Gasteiger partial charge in [-0.25, -0.2) is 4.98 Å². The largest absolute Gasteiger partial charge is 0.439 e. The van der Waals surface area contributed by atoms with E-state index in [2.05, 4.69) is 16.9 Å². The molecule has 0 saturated carbocycles. The van der Waals surface area contributed by atoms with Crippen molar-refractivity contribution in [1.82, 2.24) is 9.97 Å². The Morgan fingerprint density at radius 2 is 1.86 bits per heavy atom. The third-order valence-corrected chi connectivity index (χ3v) is 3.13. The van der Waals surface area contributed by atoms with Gasteiger partial charge in [0.1, 0.15) is 16.7 Å². The predicted molar refractivity (Wildman–Crippen MR) is 83.1 cm³/mol. The second-order valence-corrected chi connectivity index (χ2v) is 5.07. The van der Waals surface area contributed by atoms with Crippen LogP contribution in [0.5, 0.6) is 11.6 Å². The summed E-state index contributed by atoms with van der Waals surface area (Å²) in [6.45, 7) is 2.78. The van der Waals surface area contributed by atoms with Gasteiger partial charge < -0.3 is 9.47 Å². The summed E-state index contributed by atoms with van der Waals surface area (Å²) in [4.78, 5) is 8.53. The van der Waals surface area contributed by atoms with Gasteiger partial charge in [-0.2, -0.15) is 4.98 Å². The lowest BCUT2D eigenvalue weighted by molar-refractivity contribution is 0.202. The van der Waals surface area contributed by atoms with Crippen molar-refractivity contribution in [3.63, 3.8) is 0 Å². The highest BCUT2D eigenvalue weighted by Crippen LogP contribution is 2.22. The standard InChI is InChI=1S/C16H19ClN2O2/c1-3-4-15-18-14(17)11-16(19-15)21-13-7-5-12(6-8-13)9-10-20-2/h5-8,11H,3-4,9-10H2,1-2H3. The predicted octanol–water partition coefficient (Wildman–Crippen LogP) is 4.06. The number of hydrogen-bond acceptors (Lipinski definition) is 4. The fourth-order valence-electron chi connectivity index (χ4n) is 1.89. The van der Waals surface area contributed by atoms with Crippen molar-refractivity contribution in [3.8, 4) is 11.6 Å². The molecule has 1 aromatic carbocycles. The molecule has 2 rings (SSSR count). The number of hydrogen-bond donors (Lipinski definition) is 0. The molecule has 5 heteroatoms. The van der Waals surface area contributed by atoms with Crippen LogP contribution in [-0.4, -0.2) is 23.7 Å². The van der Waals surface area contributed by atoms with E-state index in [1.165, 1.54) is 5.56 Å². The molecule has 0 aliphatic rings. The minimum atomic E-state index is 0.403. The van der Waals surface area contributed by atoms with Gasteiger partial charge in [-0.15, -0.1) is 0 Å². The maximum atomic E-state index is 5.99. The van der Waals surface area contributed by atoms with E-state index in [1.807, 2.05) is 24.3 Å². The third-order valence-electron chi connectivity index (χ3n) is 2.93. The summed E-state index contributed by atoms with van der Waals surface area (Å²) in [5.41, 5.74) is 1.21. The highest BCUT2D eigenvalue weighted by Gasteiger charge is 2.05. The molecule has 112 valence electrons. The maximum absolute atomic E-state index is 5.99. The van der Waals surface area contributed by atoms with E-state index in [0.29, 0.717) is 23.5 Å². The van der Waals surface area contributed by atoms with Crippen molar-refractivity contribution in [1.29, 1.82) is 0 Å². The lowest BCUT2D eigenvalue weighted by Crippen LogP contribution is -1.98. The Bertz CT molecular complexity index is 573. The van der Waals surface area contributed by atoms with Crippen molar-refractivity contribution in [3.05, 3.63) is 46.9 Å². The van der Waals surface area contributed by atoms with Crippen LogP contribution < -0.4 is 4.74 Å². The van der Waals surface area contributed by atoms with Crippen molar-refractivity contribution in [2.24, 2.45) is 0 Å². The first-order chi connectivity index (χ1) is 10.2. The normalized spacial score (nSPS) is 10.6. The summed E-state index contributed by atoms with van der Waals surface area (Å²) in [5.74, 6) is 1.91. The van der Waals surface area contributed by atoms with E-state index < -0.39 is 0 Å². The number of methoxy groups -OCH3 is 1. The van der Waals surface area contributed by atoms with Gasteiger partial charge >= 0.3 is 0 Å². The van der Waals surface area contributed by atoms with E-state index in [4.69, 9.17) is 21.1 Å². The van der Waals surface area contributed by atoms with E-state index in [-0.39, 0.29) is 0 Å². The Balaban J connectivity index is 2.07. The van der Waals surface area contributed by atoms with Gasteiger partial charge in [0.05, 0.1) is 6.61 Å². The molecule has 0 fully saturated rings. The zero-order chi connectivity index (χ0) is 15.1. The molecule has 0 amide bonds. The second kappa shape index (κ2) is 7.96. The van der Waals surface area contributed by atoms with Crippen LogP contribution in [0.25, 0.3) is 0 Å². The minimum Gasteiger partial charge on any atom is -0.439 e. The van der Waals surface area contributed by atoms with Crippen LogP contribution in [0.3, 0.4) is 0 Å². The van der Waals surface area contributed by atoms with Crippen LogP contribution in [0.1, 0.15) is 24.7 Å². The first-order valence-corrected chi connectivity index (χ1v) is 7.38. The highest BCUT2D eigenvalue weighted by molar-refractivity contribution is 6.29. The van der Waals surface area contributed by atoms with Crippen LogP contribution in [0.4, 0.5) is 0 Å². The Morgan fingerprint density at radius 1 is 1.10 bits per heavy atom. The fourth-order valence-corrected chi connectivity index (χ4v) is 2.09. The molecule has 0 unspecified atom stereocenters. The van der Waals surface area contributed by atoms with Gasteiger partial charge in [0.15, 0.2) is 0 Å². The van der Waals surface area contributed by atoms with Gasteiger partial charge in [0, 0.05) is 19.6 Å². The molecule has 0 spiro atoms. The van der Waals surface area contributed by atoms with E-state index in [0.717, 1.165) is 25.0 Å². The van der Waals surface area contributed by atoms with Gasteiger partial charge in [-0.05, 0) is 30.5 Å². The van der Waals surface area contributed by atoms with E-state index >= 15 is 0 Å². The Morgan fingerprint density at radius 3 is 2.52 bits per heavy atom. The number of aromatic nitrogens is 2. The molecule has 2 aromatic rings. The number of ether oxygens (including phenoxy) is 2. The zero-order valence-corrected chi connectivity index (χ0v) is 13.1. The lowest BCUT2D eigenvalue weighted by Gasteiger charge is -2.07. The van der Waals surface area contributed by atoms with Gasteiger partial charge in [-0.1, -0.05) is 30.7 Å². The number of benzene rings is 1. The average Bonchev–Trinajstić information content (AvgIpc) is 2.46. The maximum Gasteiger partial charge on any atom is 0.224 e. The molecule has 0 radical (unpaired) electrons. The molecule has 0 atom stereocenters. The molecule has 1 aromatic heterocycles. The molecule has 21 heavy (non-hydrogen) atoms. The average molecular weight is 307 g/mol. The summed E-state index contributed by atoms with van der Waals surface area (Å²) in [7, 11) is 1.70. The Labute approximate surface area is 130 Å². The Hall–Kier alpha value is -1.65. The summed E-state index contributed by atoms with van der Waals surface area (Å²) in [6.07, 6.45) is 2.64. The topological polar surface area (TPSA) is 44.2 Å². The summed E-state index contributed by atoms with van der Waals surface area (Å²) < 4.78 is 10.8. The number of halogens is 1. The smallest absolute Gasteiger partial charge is 0.224 e. The number of rotatable bonds is 7. The van der Waals surface area contributed by atoms with Crippen LogP contribution in [-0.2, 0) is 17.6 Å². The number of nitrogens with zero attached hydrogens (tertiary/aromatic N) is 2.